The standard InChI is InChI=1S/C15H19N3O4S2.ClH/c1-24(20,21)8-7-22-12-4-2-3-11(9-12)17-15(19)13-10-23-14(18-13)5-6-16;/h2-4,9-10H,5-8,16H2,1H3,(H,17,19);1H. The number of benzene rings is 1. The second-order valence-corrected chi connectivity index (χ2v) is 8.33. The maximum absolute atomic E-state index is 12.2. The number of hydrogen-bond acceptors (Lipinski definition) is 7. The van der Waals surface area contributed by atoms with Crippen LogP contribution in [0.25, 0.3) is 0 Å². The number of carbonyl (C=O) groups is 1. The number of ether oxygens (including phenoxy) is 1. The summed E-state index contributed by atoms with van der Waals surface area (Å²) in [6.45, 7) is 0.548. The molecule has 25 heavy (non-hydrogen) atoms. The van der Waals surface area contributed by atoms with Crippen molar-refractivity contribution < 1.29 is 17.9 Å². The molecule has 1 aromatic carbocycles. The van der Waals surface area contributed by atoms with Gasteiger partial charge in [-0.3, -0.25) is 4.79 Å². The predicted molar refractivity (Wildman–Crippen MR) is 102 cm³/mol. The molecule has 2 rings (SSSR count). The topological polar surface area (TPSA) is 111 Å². The number of halogens is 1. The lowest BCUT2D eigenvalue weighted by Crippen LogP contribution is -2.14. The van der Waals surface area contributed by atoms with E-state index in [1.165, 1.54) is 11.3 Å². The summed E-state index contributed by atoms with van der Waals surface area (Å²) in [5, 5.41) is 5.24. The molecular formula is C15H20ClN3O4S2. The second-order valence-electron chi connectivity index (χ2n) is 5.13. The van der Waals surface area contributed by atoms with Gasteiger partial charge in [-0.2, -0.15) is 0 Å². The van der Waals surface area contributed by atoms with E-state index in [0.717, 1.165) is 11.3 Å². The molecule has 1 aromatic heterocycles. The lowest BCUT2D eigenvalue weighted by atomic mass is 10.3. The molecule has 0 aliphatic rings. The molecule has 0 unspecified atom stereocenters. The number of nitrogens with zero attached hydrogens (tertiary/aromatic N) is 1. The average molecular weight is 406 g/mol. The van der Waals surface area contributed by atoms with Gasteiger partial charge in [0.2, 0.25) is 0 Å². The monoisotopic (exact) mass is 405 g/mol. The van der Waals surface area contributed by atoms with Crippen molar-refractivity contribution in [2.24, 2.45) is 5.73 Å². The van der Waals surface area contributed by atoms with E-state index in [9.17, 15) is 13.2 Å². The summed E-state index contributed by atoms with van der Waals surface area (Å²) in [5.74, 6) is 0.105. The average Bonchev–Trinajstić information content (AvgIpc) is 2.95. The fraction of sp³-hybridized carbons (Fsp3) is 0.333. The van der Waals surface area contributed by atoms with Crippen LogP contribution in [0.1, 0.15) is 15.5 Å². The number of nitrogens with two attached hydrogens (primary N) is 1. The summed E-state index contributed by atoms with van der Waals surface area (Å²) < 4.78 is 27.6. The van der Waals surface area contributed by atoms with Crippen LogP contribution in [0.2, 0.25) is 0 Å². The number of anilines is 1. The third kappa shape index (κ3) is 7.39. The van der Waals surface area contributed by atoms with Gasteiger partial charge < -0.3 is 15.8 Å². The minimum atomic E-state index is -3.07. The number of nitrogens with one attached hydrogen (secondary N) is 1. The minimum Gasteiger partial charge on any atom is -0.492 e. The van der Waals surface area contributed by atoms with Crippen molar-refractivity contribution >= 4 is 45.2 Å². The Kier molecular flexibility index (Phi) is 8.30. The zero-order chi connectivity index (χ0) is 17.6. The van der Waals surface area contributed by atoms with Crippen LogP contribution in [-0.2, 0) is 16.3 Å². The Morgan fingerprint density at radius 1 is 1.40 bits per heavy atom. The Bertz CT molecular complexity index is 809. The molecule has 0 bridgehead atoms. The van der Waals surface area contributed by atoms with E-state index in [1.807, 2.05) is 0 Å². The summed E-state index contributed by atoms with van der Waals surface area (Å²) in [6, 6.07) is 6.76. The van der Waals surface area contributed by atoms with E-state index < -0.39 is 9.84 Å². The first-order valence-electron chi connectivity index (χ1n) is 7.24. The molecule has 0 aliphatic heterocycles. The Morgan fingerprint density at radius 2 is 2.16 bits per heavy atom. The van der Waals surface area contributed by atoms with E-state index >= 15 is 0 Å². The van der Waals surface area contributed by atoms with Gasteiger partial charge in [0.15, 0.2) is 9.84 Å². The Labute approximate surface area is 156 Å². The first kappa shape index (κ1) is 21.4. The minimum absolute atomic E-state index is 0. The maximum Gasteiger partial charge on any atom is 0.275 e. The highest BCUT2D eigenvalue weighted by molar-refractivity contribution is 7.90. The summed E-state index contributed by atoms with van der Waals surface area (Å²) in [6.07, 6.45) is 1.79. The third-order valence-electron chi connectivity index (χ3n) is 2.96. The lowest BCUT2D eigenvalue weighted by Gasteiger charge is -2.08. The summed E-state index contributed by atoms with van der Waals surface area (Å²) >= 11 is 1.40. The zero-order valence-electron chi connectivity index (χ0n) is 13.6. The van der Waals surface area contributed by atoms with Gasteiger partial charge in [0.05, 0.1) is 10.8 Å². The number of carbonyl (C=O) groups excluding carboxylic acids is 1. The van der Waals surface area contributed by atoms with Gasteiger partial charge in [0.25, 0.3) is 5.91 Å². The molecule has 1 amide bonds. The van der Waals surface area contributed by atoms with Crippen molar-refractivity contribution in [1.29, 1.82) is 0 Å². The number of thiazole rings is 1. The van der Waals surface area contributed by atoms with Crippen LogP contribution in [-0.4, -0.2) is 44.5 Å². The molecule has 0 saturated carbocycles. The highest BCUT2D eigenvalue weighted by Crippen LogP contribution is 2.19. The fourth-order valence-electron chi connectivity index (χ4n) is 1.82. The molecular weight excluding hydrogens is 386 g/mol. The van der Waals surface area contributed by atoms with Crippen LogP contribution in [0, 0.1) is 0 Å². The zero-order valence-corrected chi connectivity index (χ0v) is 16.0. The summed E-state index contributed by atoms with van der Waals surface area (Å²) in [4.78, 5) is 16.4. The molecule has 0 fully saturated rings. The Hall–Kier alpha value is -1.68. The van der Waals surface area contributed by atoms with Crippen LogP contribution in [0.3, 0.4) is 0 Å². The highest BCUT2D eigenvalue weighted by atomic mass is 35.5. The van der Waals surface area contributed by atoms with Crippen molar-refractivity contribution in [3.63, 3.8) is 0 Å². The molecule has 0 spiro atoms. The number of rotatable bonds is 8. The van der Waals surface area contributed by atoms with Crippen molar-refractivity contribution in [3.8, 4) is 5.75 Å². The predicted octanol–water partition coefficient (Wildman–Crippen LogP) is 1.74. The van der Waals surface area contributed by atoms with Crippen LogP contribution >= 0.6 is 23.7 Å². The highest BCUT2D eigenvalue weighted by Gasteiger charge is 2.11. The quantitative estimate of drug-likeness (QED) is 0.691. The van der Waals surface area contributed by atoms with Gasteiger partial charge in [-0.25, -0.2) is 13.4 Å². The van der Waals surface area contributed by atoms with Crippen molar-refractivity contribution in [2.75, 3.05) is 30.5 Å². The van der Waals surface area contributed by atoms with Gasteiger partial charge >= 0.3 is 0 Å². The molecule has 10 heteroatoms. The van der Waals surface area contributed by atoms with E-state index in [4.69, 9.17) is 10.5 Å². The molecule has 0 atom stereocenters. The summed E-state index contributed by atoms with van der Waals surface area (Å²) in [7, 11) is -3.07. The molecule has 0 saturated heterocycles. The van der Waals surface area contributed by atoms with Gasteiger partial charge in [-0.1, -0.05) is 6.07 Å². The molecule has 0 aliphatic carbocycles. The van der Waals surface area contributed by atoms with E-state index in [0.29, 0.717) is 30.1 Å². The van der Waals surface area contributed by atoms with Crippen LogP contribution in [0.4, 0.5) is 5.69 Å². The van der Waals surface area contributed by atoms with E-state index in [2.05, 4.69) is 10.3 Å². The maximum atomic E-state index is 12.2. The smallest absolute Gasteiger partial charge is 0.275 e. The largest absolute Gasteiger partial charge is 0.492 e. The van der Waals surface area contributed by atoms with Crippen LogP contribution in [0.15, 0.2) is 29.6 Å². The Morgan fingerprint density at radius 3 is 2.84 bits per heavy atom. The fourth-order valence-corrected chi connectivity index (χ4v) is 3.00. The molecule has 2 aromatic rings. The van der Waals surface area contributed by atoms with Crippen molar-refractivity contribution in [2.45, 2.75) is 6.42 Å². The first-order chi connectivity index (χ1) is 11.4. The molecule has 138 valence electrons. The Balaban J connectivity index is 0.00000312. The second kappa shape index (κ2) is 9.71. The first-order valence-corrected chi connectivity index (χ1v) is 10.2. The number of amides is 1. The SMILES string of the molecule is CS(=O)(=O)CCOc1cccc(NC(=O)c2csc(CCN)n2)c1.Cl. The van der Waals surface area contributed by atoms with Gasteiger partial charge in [-0.15, -0.1) is 23.7 Å². The van der Waals surface area contributed by atoms with Crippen LogP contribution < -0.4 is 15.8 Å². The van der Waals surface area contributed by atoms with Crippen molar-refractivity contribution in [1.82, 2.24) is 4.98 Å². The van der Waals surface area contributed by atoms with Gasteiger partial charge in [0, 0.05) is 29.8 Å². The van der Waals surface area contributed by atoms with Gasteiger partial charge in [-0.05, 0) is 18.7 Å². The van der Waals surface area contributed by atoms with E-state index in [1.54, 1.807) is 29.6 Å². The molecule has 1 heterocycles. The number of sulfone groups is 1. The van der Waals surface area contributed by atoms with Crippen LogP contribution in [0.5, 0.6) is 5.75 Å². The third-order valence-corrected chi connectivity index (χ3v) is 4.77. The lowest BCUT2D eigenvalue weighted by molar-refractivity contribution is 0.102. The van der Waals surface area contributed by atoms with Crippen molar-refractivity contribution in [3.05, 3.63) is 40.3 Å². The number of hydrogen-bond donors (Lipinski definition) is 2. The normalized spacial score (nSPS) is 10.8. The summed E-state index contributed by atoms with van der Waals surface area (Å²) in [5.41, 5.74) is 6.35. The molecule has 3 N–H and O–H groups in total. The van der Waals surface area contributed by atoms with Gasteiger partial charge in [0.1, 0.15) is 18.1 Å². The number of aromatic nitrogens is 1. The molecule has 0 radical (unpaired) electrons. The molecule has 7 nitrogen and oxygen atoms in total. The van der Waals surface area contributed by atoms with E-state index in [-0.39, 0.29) is 30.7 Å².